The van der Waals surface area contributed by atoms with E-state index in [0.717, 1.165) is 17.4 Å². The third-order valence-corrected chi connectivity index (χ3v) is 6.90. The molecule has 172 valence electrons. The molecule has 0 aliphatic carbocycles. The van der Waals surface area contributed by atoms with E-state index in [1.807, 2.05) is 31.2 Å². The molecule has 0 saturated carbocycles. The van der Waals surface area contributed by atoms with E-state index < -0.39 is 17.4 Å². The molecule has 2 aliphatic rings. The molecule has 0 radical (unpaired) electrons. The number of para-hydroxylation sites is 1. The normalized spacial score (nSPS) is 20.8. The Morgan fingerprint density at radius 3 is 2.94 bits per heavy atom. The topological polar surface area (TPSA) is 66.0 Å². The number of thiazole rings is 1. The van der Waals surface area contributed by atoms with E-state index in [1.165, 1.54) is 23.5 Å². The summed E-state index contributed by atoms with van der Waals surface area (Å²) in [6.07, 6.45) is 2.21. The van der Waals surface area contributed by atoms with E-state index in [1.54, 1.807) is 22.8 Å². The lowest BCUT2D eigenvalue weighted by molar-refractivity contribution is 0.0410. The predicted octanol–water partition coefficient (Wildman–Crippen LogP) is 3.91. The van der Waals surface area contributed by atoms with Crippen molar-refractivity contribution in [1.82, 2.24) is 4.57 Å². The van der Waals surface area contributed by atoms with Crippen molar-refractivity contribution in [1.29, 1.82) is 0 Å². The summed E-state index contributed by atoms with van der Waals surface area (Å²) in [7, 11) is 0. The van der Waals surface area contributed by atoms with Gasteiger partial charge < -0.3 is 13.9 Å². The summed E-state index contributed by atoms with van der Waals surface area (Å²) in [6.45, 7) is 1.81. The van der Waals surface area contributed by atoms with Crippen LogP contribution < -0.4 is 24.4 Å². The number of fused-ring (bicyclic) bond motifs is 6. The Bertz CT molecular complexity index is 1610. The molecule has 4 heterocycles. The van der Waals surface area contributed by atoms with Gasteiger partial charge in [0.25, 0.3) is 11.5 Å². The largest absolute Gasteiger partial charge is 0.466 e. The smallest absolute Gasteiger partial charge is 0.285 e. The summed E-state index contributed by atoms with van der Waals surface area (Å²) in [5.74, 6) is -0.0299. The fourth-order valence-corrected chi connectivity index (χ4v) is 5.45. The molecule has 0 N–H and O–H groups in total. The van der Waals surface area contributed by atoms with Crippen molar-refractivity contribution in [2.45, 2.75) is 31.7 Å². The van der Waals surface area contributed by atoms with Crippen LogP contribution in [0.4, 0.5) is 8.78 Å². The van der Waals surface area contributed by atoms with Gasteiger partial charge in [-0.1, -0.05) is 29.5 Å². The van der Waals surface area contributed by atoms with E-state index >= 15 is 0 Å². The number of ether oxygens (including phenoxy) is 2. The molecule has 0 amide bonds. The van der Waals surface area contributed by atoms with Gasteiger partial charge in [0.15, 0.2) is 4.80 Å². The highest BCUT2D eigenvalue weighted by Crippen LogP contribution is 2.42. The molecule has 34 heavy (non-hydrogen) atoms. The minimum absolute atomic E-state index is 0.117. The van der Waals surface area contributed by atoms with Gasteiger partial charge in [0.1, 0.15) is 29.8 Å². The van der Waals surface area contributed by atoms with Crippen molar-refractivity contribution in [3.63, 3.8) is 0 Å². The Morgan fingerprint density at radius 2 is 2.09 bits per heavy atom. The maximum Gasteiger partial charge on any atom is 0.285 e. The summed E-state index contributed by atoms with van der Waals surface area (Å²) < 4.78 is 46.3. The molecule has 6 rings (SSSR count). The van der Waals surface area contributed by atoms with E-state index in [-0.39, 0.29) is 29.7 Å². The van der Waals surface area contributed by atoms with Crippen molar-refractivity contribution in [2.24, 2.45) is 4.99 Å². The van der Waals surface area contributed by atoms with Crippen LogP contribution in [0.25, 0.3) is 6.08 Å². The summed E-state index contributed by atoms with van der Waals surface area (Å²) in [5.41, 5.74) is 0.287. The minimum atomic E-state index is -0.727. The van der Waals surface area contributed by atoms with Crippen LogP contribution in [0.2, 0.25) is 0 Å². The monoisotopic (exact) mass is 480 g/mol. The van der Waals surface area contributed by atoms with Crippen LogP contribution in [-0.4, -0.2) is 10.3 Å². The SMILES string of the molecule is CC12CC(c3ccccc3O1)n1c(sc(=Cc3ccc(OCc4ccc(F)cc4F)o3)c1=O)=N2. The number of hydrogen-bond donors (Lipinski definition) is 0. The highest BCUT2D eigenvalue weighted by molar-refractivity contribution is 7.07. The van der Waals surface area contributed by atoms with Crippen molar-refractivity contribution < 1.29 is 22.7 Å². The van der Waals surface area contributed by atoms with Crippen LogP contribution in [0.3, 0.4) is 0 Å². The first-order chi connectivity index (χ1) is 16.4. The summed E-state index contributed by atoms with van der Waals surface area (Å²) in [4.78, 5) is 18.6. The van der Waals surface area contributed by atoms with Gasteiger partial charge in [-0.15, -0.1) is 0 Å². The second-order valence-corrected chi connectivity index (χ2v) is 9.41. The number of hydrogen-bond acceptors (Lipinski definition) is 6. The van der Waals surface area contributed by atoms with Gasteiger partial charge in [-0.05, 0) is 31.2 Å². The molecule has 2 bridgehead atoms. The standard InChI is InChI=1S/C25H18F2N2O4S/c1-25-12-19(17-4-2-3-5-20(17)33-25)29-23(30)21(34-24(29)28-25)11-16-8-9-22(32-16)31-13-14-6-7-15(26)10-18(14)27/h2-11,19H,12-13H2,1H3. The van der Waals surface area contributed by atoms with Gasteiger partial charge in [-0.3, -0.25) is 9.36 Å². The molecule has 2 aromatic carbocycles. The van der Waals surface area contributed by atoms with Gasteiger partial charge in [-0.25, -0.2) is 13.8 Å². The Kier molecular flexibility index (Phi) is 4.70. The molecule has 0 fully saturated rings. The van der Waals surface area contributed by atoms with Gasteiger partial charge in [0.2, 0.25) is 5.72 Å². The third-order valence-electron chi connectivity index (χ3n) is 5.92. The molecule has 0 spiro atoms. The highest BCUT2D eigenvalue weighted by atomic mass is 32.1. The maximum absolute atomic E-state index is 13.8. The number of rotatable bonds is 4. The second kappa shape index (κ2) is 7.66. The number of halogens is 2. The first kappa shape index (κ1) is 20.9. The first-order valence-electron chi connectivity index (χ1n) is 10.7. The average Bonchev–Trinajstić information content (AvgIpc) is 3.36. The summed E-state index contributed by atoms with van der Waals surface area (Å²) in [6, 6.07) is 14.1. The highest BCUT2D eigenvalue weighted by Gasteiger charge is 2.42. The molecule has 0 saturated heterocycles. The molecule has 2 unspecified atom stereocenters. The van der Waals surface area contributed by atoms with E-state index in [0.29, 0.717) is 21.5 Å². The van der Waals surface area contributed by atoms with Crippen molar-refractivity contribution in [3.8, 4) is 11.7 Å². The maximum atomic E-state index is 13.8. The summed E-state index contributed by atoms with van der Waals surface area (Å²) >= 11 is 1.27. The van der Waals surface area contributed by atoms with E-state index in [2.05, 4.69) is 0 Å². The van der Waals surface area contributed by atoms with Crippen LogP contribution in [0.1, 0.15) is 36.3 Å². The van der Waals surface area contributed by atoms with E-state index in [4.69, 9.17) is 18.9 Å². The molecular weight excluding hydrogens is 462 g/mol. The van der Waals surface area contributed by atoms with Crippen LogP contribution in [0, 0.1) is 11.6 Å². The zero-order chi connectivity index (χ0) is 23.4. The van der Waals surface area contributed by atoms with Gasteiger partial charge in [0, 0.05) is 35.8 Å². The zero-order valence-corrected chi connectivity index (χ0v) is 18.8. The van der Waals surface area contributed by atoms with Crippen molar-refractivity contribution in [2.75, 3.05) is 0 Å². The lowest BCUT2D eigenvalue weighted by atomic mass is 9.93. The number of furan rings is 1. The van der Waals surface area contributed by atoms with Gasteiger partial charge in [0.05, 0.1) is 10.6 Å². The van der Waals surface area contributed by atoms with Crippen molar-refractivity contribution >= 4 is 17.4 Å². The summed E-state index contributed by atoms with van der Waals surface area (Å²) in [5, 5.41) is 0. The fraction of sp³-hybridized carbons (Fsp3) is 0.200. The number of nitrogens with zero attached hydrogens (tertiary/aromatic N) is 2. The third kappa shape index (κ3) is 3.52. The van der Waals surface area contributed by atoms with E-state index in [9.17, 15) is 13.6 Å². The van der Waals surface area contributed by atoms with Gasteiger partial charge in [-0.2, -0.15) is 0 Å². The Morgan fingerprint density at radius 1 is 1.24 bits per heavy atom. The Hall–Kier alpha value is -3.72. The first-order valence-corrected chi connectivity index (χ1v) is 11.5. The van der Waals surface area contributed by atoms with Crippen LogP contribution in [0.15, 0.2) is 68.8 Å². The molecule has 2 aromatic heterocycles. The molecule has 9 heteroatoms. The lowest BCUT2D eigenvalue weighted by Crippen LogP contribution is -2.49. The number of benzene rings is 2. The number of aromatic nitrogens is 1. The quantitative estimate of drug-likeness (QED) is 0.444. The van der Waals surface area contributed by atoms with Crippen molar-refractivity contribution in [3.05, 3.63) is 103 Å². The Labute approximate surface area is 196 Å². The lowest BCUT2D eigenvalue weighted by Gasteiger charge is -2.39. The molecular formula is C25H18F2N2O4S. The minimum Gasteiger partial charge on any atom is -0.466 e. The van der Waals surface area contributed by atoms with Crippen LogP contribution in [-0.2, 0) is 6.61 Å². The molecule has 6 nitrogen and oxygen atoms in total. The second-order valence-electron chi connectivity index (χ2n) is 8.40. The van der Waals surface area contributed by atoms with Gasteiger partial charge >= 0.3 is 0 Å². The van der Waals surface area contributed by atoms with Crippen LogP contribution in [0.5, 0.6) is 11.7 Å². The zero-order valence-electron chi connectivity index (χ0n) is 18.0. The predicted molar refractivity (Wildman–Crippen MR) is 121 cm³/mol. The molecule has 2 atom stereocenters. The molecule has 4 aromatic rings. The Balaban J connectivity index is 1.32. The fourth-order valence-electron chi connectivity index (χ4n) is 4.34. The average molecular weight is 480 g/mol. The molecule has 2 aliphatic heterocycles. The van der Waals surface area contributed by atoms with Crippen LogP contribution >= 0.6 is 11.3 Å².